The van der Waals surface area contributed by atoms with E-state index in [0.29, 0.717) is 22.2 Å². The zero-order valence-electron chi connectivity index (χ0n) is 15.4. The lowest BCUT2D eigenvalue weighted by molar-refractivity contribution is -0.121. The third-order valence-corrected chi connectivity index (χ3v) is 4.48. The summed E-state index contributed by atoms with van der Waals surface area (Å²) < 4.78 is 5.84. The van der Waals surface area contributed by atoms with Gasteiger partial charge in [-0.1, -0.05) is 35.9 Å². The highest BCUT2D eigenvalue weighted by Gasteiger charge is 2.27. The maximum Gasteiger partial charge on any atom is 0.246 e. The SMILES string of the molecule is CC(N)(CO)C(=O)Nc1ccc(Oc2ccc(-c3ccc(Cl)cc3)cc2)cc1. The Morgan fingerprint density at radius 1 is 0.964 bits per heavy atom. The number of hydrogen-bond donors (Lipinski definition) is 3. The van der Waals surface area contributed by atoms with Crippen LogP contribution in [0.4, 0.5) is 5.69 Å². The van der Waals surface area contributed by atoms with Crippen LogP contribution in [0.1, 0.15) is 6.92 Å². The quantitative estimate of drug-likeness (QED) is 0.574. The van der Waals surface area contributed by atoms with Crippen molar-refractivity contribution in [3.8, 4) is 22.6 Å². The Morgan fingerprint density at radius 3 is 1.93 bits per heavy atom. The Hall–Kier alpha value is -2.86. The van der Waals surface area contributed by atoms with Crippen LogP contribution in [-0.2, 0) is 4.79 Å². The van der Waals surface area contributed by atoms with E-state index < -0.39 is 18.1 Å². The highest BCUT2D eigenvalue weighted by Crippen LogP contribution is 2.27. The fraction of sp³-hybridized carbons (Fsp3) is 0.136. The molecular weight excluding hydrogens is 376 g/mol. The predicted octanol–water partition coefficient (Wildman–Crippen LogP) is 4.45. The van der Waals surface area contributed by atoms with Gasteiger partial charge in [0.2, 0.25) is 5.91 Å². The Labute approximate surface area is 168 Å². The van der Waals surface area contributed by atoms with Gasteiger partial charge in [-0.25, -0.2) is 0 Å². The second kappa shape index (κ2) is 8.44. The molecule has 0 aromatic heterocycles. The van der Waals surface area contributed by atoms with Gasteiger partial charge in [0.1, 0.15) is 17.0 Å². The van der Waals surface area contributed by atoms with Gasteiger partial charge in [-0.2, -0.15) is 0 Å². The molecule has 0 saturated carbocycles. The average molecular weight is 397 g/mol. The van der Waals surface area contributed by atoms with Gasteiger partial charge in [0.15, 0.2) is 0 Å². The van der Waals surface area contributed by atoms with E-state index in [9.17, 15) is 4.79 Å². The Morgan fingerprint density at radius 2 is 1.43 bits per heavy atom. The molecule has 144 valence electrons. The first-order chi connectivity index (χ1) is 13.4. The van der Waals surface area contributed by atoms with E-state index in [1.54, 1.807) is 24.3 Å². The lowest BCUT2D eigenvalue weighted by Gasteiger charge is -2.20. The van der Waals surface area contributed by atoms with Crippen LogP contribution in [-0.4, -0.2) is 23.2 Å². The van der Waals surface area contributed by atoms with Crippen molar-refractivity contribution in [2.45, 2.75) is 12.5 Å². The number of hydrogen-bond acceptors (Lipinski definition) is 4. The number of ether oxygens (including phenoxy) is 1. The summed E-state index contributed by atoms with van der Waals surface area (Å²) in [5, 5.41) is 12.5. The summed E-state index contributed by atoms with van der Waals surface area (Å²) in [4.78, 5) is 12.0. The molecule has 0 radical (unpaired) electrons. The monoisotopic (exact) mass is 396 g/mol. The molecule has 0 aliphatic heterocycles. The van der Waals surface area contributed by atoms with Crippen molar-refractivity contribution in [2.24, 2.45) is 5.73 Å². The van der Waals surface area contributed by atoms with Crippen molar-refractivity contribution in [3.05, 3.63) is 77.8 Å². The number of rotatable bonds is 6. The minimum Gasteiger partial charge on any atom is -0.457 e. The molecule has 3 aromatic carbocycles. The number of anilines is 1. The van der Waals surface area contributed by atoms with Crippen molar-refractivity contribution in [2.75, 3.05) is 11.9 Å². The summed E-state index contributed by atoms with van der Waals surface area (Å²) in [6.07, 6.45) is 0. The molecule has 3 rings (SSSR count). The zero-order chi connectivity index (χ0) is 20.1. The highest BCUT2D eigenvalue weighted by atomic mass is 35.5. The van der Waals surface area contributed by atoms with Crippen LogP contribution < -0.4 is 15.8 Å². The molecule has 0 spiro atoms. The van der Waals surface area contributed by atoms with Crippen LogP contribution in [0.25, 0.3) is 11.1 Å². The lowest BCUT2D eigenvalue weighted by Crippen LogP contribution is -2.51. The average Bonchev–Trinajstić information content (AvgIpc) is 2.70. The maximum absolute atomic E-state index is 12.0. The summed E-state index contributed by atoms with van der Waals surface area (Å²) in [5.41, 5.74) is 7.09. The van der Waals surface area contributed by atoms with E-state index in [4.69, 9.17) is 27.2 Å². The molecule has 4 N–H and O–H groups in total. The van der Waals surface area contributed by atoms with Gasteiger partial charge in [0, 0.05) is 10.7 Å². The standard InChI is InChI=1S/C22H21ClN2O3/c1-22(24,14-26)21(27)25-18-8-12-20(13-9-18)28-19-10-4-16(5-11-19)15-2-6-17(23)7-3-15/h2-13,26H,14,24H2,1H3,(H,25,27). The van der Waals surface area contributed by atoms with Crippen LogP contribution in [0.2, 0.25) is 5.02 Å². The first-order valence-electron chi connectivity index (χ1n) is 8.72. The number of aliphatic hydroxyl groups excluding tert-OH is 1. The number of carbonyl (C=O) groups excluding carboxylic acids is 1. The summed E-state index contributed by atoms with van der Waals surface area (Å²) in [5.74, 6) is 0.876. The topological polar surface area (TPSA) is 84.6 Å². The molecule has 0 fully saturated rings. The van der Waals surface area contributed by atoms with Crippen LogP contribution in [0.3, 0.4) is 0 Å². The van der Waals surface area contributed by atoms with Crippen LogP contribution >= 0.6 is 11.6 Å². The normalized spacial score (nSPS) is 12.9. The summed E-state index contributed by atoms with van der Waals surface area (Å²) in [7, 11) is 0. The molecule has 0 aliphatic carbocycles. The van der Waals surface area contributed by atoms with E-state index in [-0.39, 0.29) is 0 Å². The van der Waals surface area contributed by atoms with Crippen LogP contribution in [0.5, 0.6) is 11.5 Å². The van der Waals surface area contributed by atoms with Gasteiger partial charge in [0.05, 0.1) is 6.61 Å². The first kappa shape index (κ1) is 19.9. The fourth-order valence-corrected chi connectivity index (χ4v) is 2.57. The molecule has 0 bridgehead atoms. The molecule has 1 unspecified atom stereocenters. The minimum absolute atomic E-state index is 0.438. The van der Waals surface area contributed by atoms with Crippen molar-refractivity contribution < 1.29 is 14.6 Å². The molecule has 28 heavy (non-hydrogen) atoms. The van der Waals surface area contributed by atoms with Crippen molar-refractivity contribution in [3.63, 3.8) is 0 Å². The summed E-state index contributed by atoms with van der Waals surface area (Å²) in [6.45, 7) is 1.03. The molecule has 1 amide bonds. The fourth-order valence-electron chi connectivity index (χ4n) is 2.45. The molecule has 3 aromatic rings. The van der Waals surface area contributed by atoms with E-state index in [2.05, 4.69) is 5.32 Å². The Balaban J connectivity index is 1.64. The number of nitrogens with one attached hydrogen (secondary N) is 1. The van der Waals surface area contributed by atoms with E-state index in [0.717, 1.165) is 11.1 Å². The Bertz CT molecular complexity index is 937. The lowest BCUT2D eigenvalue weighted by atomic mass is 10.0. The van der Waals surface area contributed by atoms with Gasteiger partial charge in [-0.15, -0.1) is 0 Å². The number of amides is 1. The smallest absolute Gasteiger partial charge is 0.246 e. The van der Waals surface area contributed by atoms with Crippen molar-refractivity contribution >= 4 is 23.2 Å². The molecule has 0 aliphatic rings. The van der Waals surface area contributed by atoms with Gasteiger partial charge in [-0.05, 0) is 66.6 Å². The van der Waals surface area contributed by atoms with Crippen LogP contribution in [0, 0.1) is 0 Å². The van der Waals surface area contributed by atoms with Gasteiger partial charge < -0.3 is 20.9 Å². The predicted molar refractivity (Wildman–Crippen MR) is 112 cm³/mol. The summed E-state index contributed by atoms with van der Waals surface area (Å²) >= 11 is 5.92. The van der Waals surface area contributed by atoms with Crippen molar-refractivity contribution in [1.82, 2.24) is 0 Å². The van der Waals surface area contributed by atoms with Gasteiger partial charge in [-0.3, -0.25) is 4.79 Å². The molecule has 0 saturated heterocycles. The highest BCUT2D eigenvalue weighted by molar-refractivity contribution is 6.30. The number of halogens is 1. The maximum atomic E-state index is 12.0. The van der Waals surface area contributed by atoms with Crippen molar-refractivity contribution in [1.29, 1.82) is 0 Å². The van der Waals surface area contributed by atoms with Gasteiger partial charge >= 0.3 is 0 Å². The molecule has 0 heterocycles. The first-order valence-corrected chi connectivity index (χ1v) is 9.10. The Kier molecular flexibility index (Phi) is 5.99. The third kappa shape index (κ3) is 4.89. The number of benzene rings is 3. The number of carbonyl (C=O) groups is 1. The van der Waals surface area contributed by atoms with Gasteiger partial charge in [0.25, 0.3) is 0 Å². The minimum atomic E-state index is -1.33. The van der Waals surface area contributed by atoms with E-state index in [1.807, 2.05) is 48.5 Å². The molecule has 6 heteroatoms. The molecule has 5 nitrogen and oxygen atoms in total. The number of nitrogens with two attached hydrogens (primary N) is 1. The largest absolute Gasteiger partial charge is 0.457 e. The van der Waals surface area contributed by atoms with E-state index >= 15 is 0 Å². The number of aliphatic hydroxyl groups is 1. The third-order valence-electron chi connectivity index (χ3n) is 4.23. The molecule has 1 atom stereocenters. The zero-order valence-corrected chi connectivity index (χ0v) is 16.1. The van der Waals surface area contributed by atoms with E-state index in [1.165, 1.54) is 6.92 Å². The second-order valence-corrected chi connectivity index (χ2v) is 7.12. The summed E-state index contributed by atoms with van der Waals surface area (Å²) in [6, 6.07) is 22.3. The molecular formula is C22H21ClN2O3. The second-order valence-electron chi connectivity index (χ2n) is 6.69. The van der Waals surface area contributed by atoms with Crippen LogP contribution in [0.15, 0.2) is 72.8 Å².